The highest BCUT2D eigenvalue weighted by Gasteiger charge is 2.39. The normalized spacial score (nSPS) is 22.2. The molecule has 57 heavy (non-hydrogen) atoms. The Balaban J connectivity index is 1.98. The molecule has 0 aliphatic carbocycles. The van der Waals surface area contributed by atoms with E-state index in [-0.39, 0.29) is 48.7 Å². The lowest BCUT2D eigenvalue weighted by molar-refractivity contribution is -0.145. The Morgan fingerprint density at radius 1 is 1.02 bits per heavy atom. The molecule has 1 fully saturated rings. The van der Waals surface area contributed by atoms with Crippen molar-refractivity contribution in [2.75, 3.05) is 26.2 Å². The smallest absolute Gasteiger partial charge is 0.306 e. The Hall–Kier alpha value is -4.30. The predicted octanol–water partition coefficient (Wildman–Crippen LogP) is 3.52. The number of Topliss-reactive ketones (excluding diaryl/α,β-unsaturated/α-hetero) is 1. The van der Waals surface area contributed by atoms with E-state index in [1.807, 2.05) is 39.8 Å². The maximum Gasteiger partial charge on any atom is 0.306 e. The van der Waals surface area contributed by atoms with Gasteiger partial charge in [0.05, 0.1) is 12.0 Å². The number of aromatic hydroxyl groups is 1. The quantitative estimate of drug-likeness (QED) is 0.107. The summed E-state index contributed by atoms with van der Waals surface area (Å²) in [6.45, 7) is 9.64. The molecule has 14 nitrogen and oxygen atoms in total. The molecular weight excluding hydrogens is 729 g/mol. The van der Waals surface area contributed by atoms with Crippen LogP contribution in [0.2, 0.25) is 0 Å². The Labute approximate surface area is 338 Å². The van der Waals surface area contributed by atoms with E-state index < -0.39 is 53.7 Å². The lowest BCUT2D eigenvalue weighted by Crippen LogP contribution is -2.58. The number of fused-ring (bicyclic) bond motifs is 3. The van der Waals surface area contributed by atoms with Gasteiger partial charge in [-0.3, -0.25) is 28.8 Å². The van der Waals surface area contributed by atoms with Gasteiger partial charge in [0.2, 0.25) is 23.6 Å². The molecule has 1 unspecified atom stereocenters. The zero-order valence-corrected chi connectivity index (χ0v) is 34.5. The molecular formula is C43H68N6O8. The molecule has 2 bridgehead atoms. The van der Waals surface area contributed by atoms with Crippen LogP contribution >= 0.6 is 0 Å². The third-order valence-electron chi connectivity index (χ3n) is 11.1. The second kappa shape index (κ2) is 24.5. The molecule has 0 saturated carbocycles. The van der Waals surface area contributed by atoms with Crippen molar-refractivity contribution in [2.24, 2.45) is 23.5 Å². The van der Waals surface area contributed by atoms with Crippen molar-refractivity contribution in [3.63, 3.8) is 0 Å². The average Bonchev–Trinajstić information content (AvgIpc) is 3.67. The van der Waals surface area contributed by atoms with Gasteiger partial charge in [-0.15, -0.1) is 0 Å². The number of nitrogens with zero attached hydrogens (tertiary/aromatic N) is 1. The van der Waals surface area contributed by atoms with Gasteiger partial charge >= 0.3 is 5.97 Å². The third kappa shape index (κ3) is 15.5. The van der Waals surface area contributed by atoms with Crippen molar-refractivity contribution in [3.05, 3.63) is 41.5 Å². The number of carbonyl (C=O) groups excluding carboxylic acids is 5. The number of carboxylic acid groups (broad SMARTS) is 1. The van der Waals surface area contributed by atoms with Gasteiger partial charge < -0.3 is 42.1 Å². The predicted molar refractivity (Wildman–Crippen MR) is 219 cm³/mol. The standard InChI is InChI=1S/C43H68N6O8/c1-5-29(4)39(37(51)27-32(43(56)57)24-28(2)3)48-40(53)34-26-30-18-19-36(50)31(25-30)14-9-12-22-45-21-11-6-7-17-38(52)46-33(15-8-10-20-44)42(55)49-23-13-16-35(49)41(54)47-34/h9,12,18-19,25,28-29,32-35,39,45,50H,5-8,10-11,13-17,20-24,26-27,44H2,1-4H3,(H,46,52)(H,47,54)(H,48,53)(H,56,57)/t29?,32-,33+,34+,35+,39+/m1/s1. The van der Waals surface area contributed by atoms with E-state index in [1.54, 1.807) is 18.2 Å². The fourth-order valence-electron chi connectivity index (χ4n) is 7.59. The Morgan fingerprint density at radius 2 is 1.79 bits per heavy atom. The zero-order valence-electron chi connectivity index (χ0n) is 34.5. The van der Waals surface area contributed by atoms with Gasteiger partial charge in [0, 0.05) is 32.4 Å². The van der Waals surface area contributed by atoms with Crippen LogP contribution in [0.5, 0.6) is 5.75 Å². The number of phenolic OH excluding ortho intramolecular Hbond substituents is 1. The second-order valence-corrected chi connectivity index (χ2v) is 16.2. The van der Waals surface area contributed by atoms with Gasteiger partial charge in [0.15, 0.2) is 5.78 Å². The summed E-state index contributed by atoms with van der Waals surface area (Å²) in [5.41, 5.74) is 7.03. The van der Waals surface area contributed by atoms with Crippen molar-refractivity contribution < 1.29 is 39.0 Å². The maximum atomic E-state index is 14.3. The lowest BCUT2D eigenvalue weighted by Gasteiger charge is -2.31. The van der Waals surface area contributed by atoms with Gasteiger partial charge in [-0.25, -0.2) is 0 Å². The first kappa shape index (κ1) is 47.1. The number of amides is 4. The van der Waals surface area contributed by atoms with Crippen molar-refractivity contribution >= 4 is 35.4 Å². The molecule has 3 rings (SSSR count). The number of aliphatic carboxylic acids is 1. The summed E-state index contributed by atoms with van der Waals surface area (Å²) in [5.74, 6) is -4.28. The molecule has 1 aromatic rings. The van der Waals surface area contributed by atoms with E-state index in [2.05, 4.69) is 21.3 Å². The summed E-state index contributed by atoms with van der Waals surface area (Å²) >= 11 is 0. The van der Waals surface area contributed by atoms with E-state index in [9.17, 15) is 39.0 Å². The number of benzene rings is 1. The van der Waals surface area contributed by atoms with E-state index >= 15 is 0 Å². The molecule has 2 aliphatic heterocycles. The number of hydrogen-bond donors (Lipinski definition) is 7. The van der Waals surface area contributed by atoms with Gasteiger partial charge in [0.1, 0.15) is 23.9 Å². The van der Waals surface area contributed by atoms with Gasteiger partial charge in [-0.1, -0.05) is 64.8 Å². The number of allylic oxidation sites excluding steroid dienone is 1. The van der Waals surface area contributed by atoms with Crippen LogP contribution in [0.4, 0.5) is 0 Å². The van der Waals surface area contributed by atoms with Crippen LogP contribution in [-0.2, 0) is 41.6 Å². The molecule has 2 heterocycles. The van der Waals surface area contributed by atoms with Crippen LogP contribution in [0.3, 0.4) is 0 Å². The molecule has 0 spiro atoms. The minimum absolute atomic E-state index is 0.0150. The Bertz CT molecular complexity index is 1530. The number of nitrogens with two attached hydrogens (primary N) is 1. The number of nitrogens with one attached hydrogen (secondary N) is 4. The monoisotopic (exact) mass is 797 g/mol. The molecule has 0 radical (unpaired) electrons. The zero-order chi connectivity index (χ0) is 41.9. The van der Waals surface area contributed by atoms with Crippen molar-refractivity contribution in [3.8, 4) is 5.75 Å². The average molecular weight is 797 g/mol. The van der Waals surface area contributed by atoms with Crippen LogP contribution in [0.1, 0.15) is 116 Å². The highest BCUT2D eigenvalue weighted by Crippen LogP contribution is 2.24. The third-order valence-corrected chi connectivity index (χ3v) is 11.1. The highest BCUT2D eigenvalue weighted by atomic mass is 16.4. The highest BCUT2D eigenvalue weighted by molar-refractivity contribution is 5.96. The first-order valence-electron chi connectivity index (χ1n) is 21.1. The molecule has 4 amide bonds. The largest absolute Gasteiger partial charge is 0.508 e. The summed E-state index contributed by atoms with van der Waals surface area (Å²) in [6, 6.07) is 1.12. The lowest BCUT2D eigenvalue weighted by atomic mass is 9.86. The van der Waals surface area contributed by atoms with E-state index in [0.717, 1.165) is 19.4 Å². The summed E-state index contributed by atoms with van der Waals surface area (Å²) < 4.78 is 0. The first-order valence-corrected chi connectivity index (χ1v) is 21.1. The number of carboxylic acids is 1. The molecule has 1 saturated heterocycles. The summed E-state index contributed by atoms with van der Waals surface area (Å²) in [5, 5.41) is 32.6. The molecule has 1 aromatic carbocycles. The van der Waals surface area contributed by atoms with Crippen LogP contribution in [0.25, 0.3) is 0 Å². The van der Waals surface area contributed by atoms with Crippen LogP contribution in [-0.4, -0.2) is 101 Å². The number of ketones is 1. The van der Waals surface area contributed by atoms with Gasteiger partial charge in [-0.05, 0) is 99.9 Å². The SMILES string of the molecule is CCC(C)[C@H](NC(=O)[C@@H]1Cc2ccc(O)c(c2)CC=CCNCCCCCC(=O)N[C@@H](CCCCN)C(=O)N2CCC[C@H]2C(=O)N1)C(=O)C[C@@H](CC(C)C)C(=O)O. The van der Waals surface area contributed by atoms with Crippen molar-refractivity contribution in [1.82, 2.24) is 26.2 Å². The molecule has 8 N–H and O–H groups in total. The minimum atomic E-state index is -1.18. The summed E-state index contributed by atoms with van der Waals surface area (Å²) in [6.07, 6.45) is 10.2. The molecule has 0 aromatic heterocycles. The second-order valence-electron chi connectivity index (χ2n) is 16.2. The Morgan fingerprint density at radius 3 is 2.49 bits per heavy atom. The van der Waals surface area contributed by atoms with E-state index in [0.29, 0.717) is 88.5 Å². The van der Waals surface area contributed by atoms with E-state index in [4.69, 9.17) is 5.73 Å². The minimum Gasteiger partial charge on any atom is -0.508 e. The fourth-order valence-corrected chi connectivity index (χ4v) is 7.59. The van der Waals surface area contributed by atoms with Gasteiger partial charge in [0.25, 0.3) is 0 Å². The molecule has 14 heteroatoms. The number of phenols is 1. The summed E-state index contributed by atoms with van der Waals surface area (Å²) in [7, 11) is 0. The Kier molecular flexibility index (Phi) is 20.2. The number of hydrogen-bond acceptors (Lipinski definition) is 9. The number of carbonyl (C=O) groups is 6. The van der Waals surface area contributed by atoms with Gasteiger partial charge in [-0.2, -0.15) is 0 Å². The number of rotatable bonds is 14. The van der Waals surface area contributed by atoms with Crippen molar-refractivity contribution in [1.29, 1.82) is 0 Å². The molecule has 6 atom stereocenters. The molecule has 318 valence electrons. The maximum absolute atomic E-state index is 14.3. The summed E-state index contributed by atoms with van der Waals surface area (Å²) in [4.78, 5) is 83.0. The first-order chi connectivity index (χ1) is 27.2. The van der Waals surface area contributed by atoms with E-state index in [1.165, 1.54) is 4.90 Å². The van der Waals surface area contributed by atoms with Crippen LogP contribution in [0, 0.1) is 17.8 Å². The van der Waals surface area contributed by atoms with Crippen molar-refractivity contribution in [2.45, 2.75) is 142 Å². The fraction of sp³-hybridized carbons (Fsp3) is 0.674. The molecule has 2 aliphatic rings. The number of unbranched alkanes of at least 4 members (excludes halogenated alkanes) is 1. The van der Waals surface area contributed by atoms with Crippen LogP contribution < -0.4 is 27.0 Å². The topological polar surface area (TPSA) is 220 Å². The van der Waals surface area contributed by atoms with Crippen LogP contribution in [0.15, 0.2) is 30.4 Å².